The third-order valence-electron chi connectivity index (χ3n) is 2.25. The predicted molar refractivity (Wildman–Crippen MR) is 72.5 cm³/mol. The van der Waals surface area contributed by atoms with Gasteiger partial charge in [-0.05, 0) is 30.8 Å². The van der Waals surface area contributed by atoms with Crippen LogP contribution in [0.2, 0.25) is 9.36 Å². The molecule has 2 rings (SSSR count). The van der Waals surface area contributed by atoms with Gasteiger partial charge in [-0.3, -0.25) is 0 Å². The van der Waals surface area contributed by atoms with E-state index in [-0.39, 0.29) is 0 Å². The molecule has 0 bridgehead atoms. The van der Waals surface area contributed by atoms with E-state index in [2.05, 4.69) is 11.4 Å². The molecule has 0 aliphatic heterocycles. The van der Waals surface area contributed by atoms with Gasteiger partial charge in [-0.15, -0.1) is 11.3 Å². The Morgan fingerprint density at radius 2 is 2.00 bits per heavy atom. The molecule has 0 fully saturated rings. The lowest BCUT2D eigenvalue weighted by molar-refractivity contribution is 0.818. The van der Waals surface area contributed by atoms with Crippen molar-refractivity contribution in [1.82, 2.24) is 5.32 Å². The van der Waals surface area contributed by atoms with Gasteiger partial charge >= 0.3 is 0 Å². The molecular formula is C12H11Cl2NS. The number of benzene rings is 1. The van der Waals surface area contributed by atoms with Gasteiger partial charge in [0.15, 0.2) is 0 Å². The molecule has 0 saturated carbocycles. The molecule has 84 valence electrons. The summed E-state index contributed by atoms with van der Waals surface area (Å²) in [4.78, 5) is 1.10. The van der Waals surface area contributed by atoms with Crippen LogP contribution < -0.4 is 5.32 Å². The van der Waals surface area contributed by atoms with Gasteiger partial charge in [0, 0.05) is 22.0 Å². The van der Waals surface area contributed by atoms with Gasteiger partial charge < -0.3 is 5.32 Å². The van der Waals surface area contributed by atoms with Crippen LogP contribution in [-0.2, 0) is 6.54 Å². The molecule has 4 heteroatoms. The van der Waals surface area contributed by atoms with Crippen molar-refractivity contribution in [2.24, 2.45) is 0 Å². The lowest BCUT2D eigenvalue weighted by Gasteiger charge is -2.05. The van der Waals surface area contributed by atoms with Crippen LogP contribution in [0.15, 0.2) is 30.3 Å². The molecule has 1 heterocycles. The van der Waals surface area contributed by atoms with Crippen LogP contribution in [0.4, 0.5) is 0 Å². The summed E-state index contributed by atoms with van der Waals surface area (Å²) < 4.78 is 0.783. The second-order valence-electron chi connectivity index (χ2n) is 3.45. The van der Waals surface area contributed by atoms with Gasteiger partial charge in [-0.25, -0.2) is 0 Å². The van der Waals surface area contributed by atoms with E-state index >= 15 is 0 Å². The van der Waals surface area contributed by atoms with Crippen LogP contribution in [0.25, 0.3) is 10.4 Å². The second kappa shape index (κ2) is 5.19. The molecule has 0 unspecified atom stereocenters. The van der Waals surface area contributed by atoms with Crippen molar-refractivity contribution in [1.29, 1.82) is 0 Å². The first kappa shape index (κ1) is 11.9. The molecule has 0 radical (unpaired) electrons. The first-order chi connectivity index (χ1) is 7.70. The first-order valence-corrected chi connectivity index (χ1v) is 6.46. The molecule has 0 aliphatic rings. The second-order valence-corrected chi connectivity index (χ2v) is 5.57. The molecule has 2 aromatic rings. The fourth-order valence-electron chi connectivity index (χ4n) is 1.53. The number of thiophene rings is 1. The zero-order valence-corrected chi connectivity index (χ0v) is 11.1. The van der Waals surface area contributed by atoms with Crippen molar-refractivity contribution in [3.05, 3.63) is 45.3 Å². The van der Waals surface area contributed by atoms with Crippen LogP contribution >= 0.6 is 34.5 Å². The molecule has 0 spiro atoms. The lowest BCUT2D eigenvalue weighted by atomic mass is 10.1. The number of hydrogen-bond acceptors (Lipinski definition) is 2. The van der Waals surface area contributed by atoms with E-state index in [4.69, 9.17) is 23.2 Å². The van der Waals surface area contributed by atoms with Crippen molar-refractivity contribution < 1.29 is 0 Å². The first-order valence-electron chi connectivity index (χ1n) is 4.89. The summed E-state index contributed by atoms with van der Waals surface area (Å²) in [5.74, 6) is 0. The Bertz CT molecular complexity index is 494. The molecule has 0 amide bonds. The van der Waals surface area contributed by atoms with Crippen LogP contribution in [0.1, 0.15) is 5.56 Å². The maximum Gasteiger partial charge on any atom is 0.0934 e. The van der Waals surface area contributed by atoms with E-state index in [9.17, 15) is 0 Å². The minimum absolute atomic E-state index is 0.770. The van der Waals surface area contributed by atoms with E-state index in [1.165, 1.54) is 16.9 Å². The topological polar surface area (TPSA) is 12.0 Å². The van der Waals surface area contributed by atoms with E-state index < -0.39 is 0 Å². The van der Waals surface area contributed by atoms with E-state index in [1.54, 1.807) is 0 Å². The summed E-state index contributed by atoms with van der Waals surface area (Å²) in [7, 11) is 1.92. The van der Waals surface area contributed by atoms with Crippen molar-refractivity contribution in [2.45, 2.75) is 6.54 Å². The maximum atomic E-state index is 6.24. The summed E-state index contributed by atoms with van der Waals surface area (Å²) >= 11 is 13.7. The Kier molecular flexibility index (Phi) is 3.87. The summed E-state index contributed by atoms with van der Waals surface area (Å²) in [6, 6.07) is 9.98. The highest BCUT2D eigenvalue weighted by Crippen LogP contribution is 2.35. The number of nitrogens with one attached hydrogen (secondary N) is 1. The average Bonchev–Trinajstić information content (AvgIpc) is 2.65. The van der Waals surface area contributed by atoms with E-state index in [0.717, 1.165) is 26.3 Å². The average molecular weight is 272 g/mol. The van der Waals surface area contributed by atoms with Crippen molar-refractivity contribution in [3.8, 4) is 10.4 Å². The zero-order valence-electron chi connectivity index (χ0n) is 8.76. The minimum atomic E-state index is 0.770. The predicted octanol–water partition coefficient (Wildman–Crippen LogP) is 4.44. The molecule has 1 aromatic carbocycles. The van der Waals surface area contributed by atoms with Crippen LogP contribution in [0.5, 0.6) is 0 Å². The molecule has 1 nitrogen and oxygen atoms in total. The number of hydrogen-bond donors (Lipinski definition) is 1. The SMILES string of the molecule is CNCc1ccc(-c2ccc(Cl)s2)c(Cl)c1. The van der Waals surface area contributed by atoms with Gasteiger partial charge in [0.2, 0.25) is 0 Å². The zero-order chi connectivity index (χ0) is 11.5. The Morgan fingerprint density at radius 3 is 2.56 bits per heavy atom. The van der Waals surface area contributed by atoms with Crippen LogP contribution in [-0.4, -0.2) is 7.05 Å². The quantitative estimate of drug-likeness (QED) is 0.870. The monoisotopic (exact) mass is 271 g/mol. The Morgan fingerprint density at radius 1 is 1.19 bits per heavy atom. The highest BCUT2D eigenvalue weighted by molar-refractivity contribution is 7.19. The molecule has 0 saturated heterocycles. The normalized spacial score (nSPS) is 10.7. The highest BCUT2D eigenvalue weighted by Gasteiger charge is 2.06. The van der Waals surface area contributed by atoms with Gasteiger partial charge in [-0.1, -0.05) is 35.3 Å². The van der Waals surface area contributed by atoms with Crippen LogP contribution in [0, 0.1) is 0 Å². The molecule has 1 N–H and O–H groups in total. The molecule has 16 heavy (non-hydrogen) atoms. The summed E-state index contributed by atoms with van der Waals surface area (Å²) in [5, 5.41) is 3.87. The molecule has 0 atom stereocenters. The molecule has 0 aliphatic carbocycles. The largest absolute Gasteiger partial charge is 0.316 e. The standard InChI is InChI=1S/C12H11Cl2NS/c1-15-7-8-2-3-9(10(13)6-8)11-4-5-12(14)16-11/h2-6,15H,7H2,1H3. The van der Waals surface area contributed by atoms with Gasteiger partial charge in [-0.2, -0.15) is 0 Å². The summed E-state index contributed by atoms with van der Waals surface area (Å²) in [5.41, 5.74) is 2.22. The minimum Gasteiger partial charge on any atom is -0.316 e. The Hall–Kier alpha value is -0.540. The van der Waals surface area contributed by atoms with Crippen molar-refractivity contribution in [2.75, 3.05) is 7.05 Å². The maximum absolute atomic E-state index is 6.24. The Labute approximate surface area is 109 Å². The number of halogens is 2. The summed E-state index contributed by atoms with van der Waals surface area (Å²) in [6.07, 6.45) is 0. The van der Waals surface area contributed by atoms with E-state index in [0.29, 0.717) is 0 Å². The highest BCUT2D eigenvalue weighted by atomic mass is 35.5. The Balaban J connectivity index is 2.36. The fourth-order valence-corrected chi connectivity index (χ4v) is 2.98. The molecule has 1 aromatic heterocycles. The van der Waals surface area contributed by atoms with Crippen molar-refractivity contribution in [3.63, 3.8) is 0 Å². The van der Waals surface area contributed by atoms with Crippen molar-refractivity contribution >= 4 is 34.5 Å². The molecular weight excluding hydrogens is 261 g/mol. The van der Waals surface area contributed by atoms with Gasteiger partial charge in [0.1, 0.15) is 0 Å². The fraction of sp³-hybridized carbons (Fsp3) is 0.167. The third-order valence-corrected chi connectivity index (χ3v) is 3.83. The summed E-state index contributed by atoms with van der Waals surface area (Å²) in [6.45, 7) is 0.825. The van der Waals surface area contributed by atoms with Crippen LogP contribution in [0.3, 0.4) is 0 Å². The third kappa shape index (κ3) is 2.58. The van der Waals surface area contributed by atoms with Gasteiger partial charge in [0.25, 0.3) is 0 Å². The number of rotatable bonds is 3. The van der Waals surface area contributed by atoms with Gasteiger partial charge in [0.05, 0.1) is 4.34 Å². The smallest absolute Gasteiger partial charge is 0.0934 e. The van der Waals surface area contributed by atoms with E-state index in [1.807, 2.05) is 31.3 Å². The lowest BCUT2D eigenvalue weighted by Crippen LogP contribution is -2.04.